The van der Waals surface area contributed by atoms with Crippen LogP contribution in [0.5, 0.6) is 0 Å². The van der Waals surface area contributed by atoms with Crippen molar-refractivity contribution in [3.8, 4) is 0 Å². The van der Waals surface area contributed by atoms with Gasteiger partial charge in [0.2, 0.25) is 5.91 Å². The third-order valence-electron chi connectivity index (χ3n) is 3.39. The van der Waals surface area contributed by atoms with Gasteiger partial charge in [0.1, 0.15) is 17.7 Å². The van der Waals surface area contributed by atoms with E-state index < -0.39 is 12.0 Å². The molecule has 8 nitrogen and oxygen atoms in total. The zero-order valence-electron chi connectivity index (χ0n) is 11.5. The fourth-order valence-corrected chi connectivity index (χ4v) is 2.28. The molecule has 2 heterocycles. The number of anilines is 1. The molecule has 0 saturated carbocycles. The first-order valence-electron chi connectivity index (χ1n) is 6.17. The van der Waals surface area contributed by atoms with Crippen molar-refractivity contribution in [3.05, 3.63) is 11.5 Å². The van der Waals surface area contributed by atoms with Gasteiger partial charge >= 0.3 is 5.97 Å². The van der Waals surface area contributed by atoms with Crippen LogP contribution in [0.4, 0.5) is 5.82 Å². The smallest absolute Gasteiger partial charge is 0.360 e. The number of nitrogen functional groups attached to an aromatic ring is 1. The van der Waals surface area contributed by atoms with Gasteiger partial charge in [-0.15, -0.1) is 0 Å². The molecule has 108 valence electrons. The van der Waals surface area contributed by atoms with Gasteiger partial charge in [0.15, 0.2) is 5.69 Å². The molecule has 1 aromatic heterocycles. The molecule has 1 saturated heterocycles. The summed E-state index contributed by atoms with van der Waals surface area (Å²) >= 11 is 0. The van der Waals surface area contributed by atoms with Crippen molar-refractivity contribution in [1.29, 1.82) is 0 Å². The van der Waals surface area contributed by atoms with Crippen LogP contribution in [0, 0.1) is 0 Å². The maximum atomic E-state index is 12.1. The minimum Gasteiger partial charge on any atom is -0.464 e. The number of ether oxygens (including phenoxy) is 1. The molecule has 1 fully saturated rings. The van der Waals surface area contributed by atoms with E-state index in [1.165, 1.54) is 18.7 Å². The van der Waals surface area contributed by atoms with Crippen molar-refractivity contribution < 1.29 is 19.1 Å². The number of nitrogens with two attached hydrogens (primary N) is 1. The average molecular weight is 280 g/mol. The minimum atomic E-state index is -0.742. The molecule has 2 amide bonds. The number of amides is 2. The van der Waals surface area contributed by atoms with Crippen LogP contribution in [-0.2, 0) is 20.7 Å². The minimum absolute atomic E-state index is 0.0174. The van der Waals surface area contributed by atoms with Crippen LogP contribution >= 0.6 is 0 Å². The number of imidazole rings is 1. The van der Waals surface area contributed by atoms with Gasteiger partial charge in [-0.3, -0.25) is 14.5 Å². The molecule has 1 aromatic rings. The Balaban J connectivity index is 2.52. The zero-order valence-corrected chi connectivity index (χ0v) is 11.5. The summed E-state index contributed by atoms with van der Waals surface area (Å²) in [5.41, 5.74) is 5.88. The van der Waals surface area contributed by atoms with Gasteiger partial charge in [0, 0.05) is 13.5 Å². The lowest BCUT2D eigenvalue weighted by molar-refractivity contribution is -0.137. The molecule has 0 aromatic carbocycles. The number of hydrogen-bond donors (Lipinski definition) is 1. The first-order valence-corrected chi connectivity index (χ1v) is 6.17. The number of esters is 1. The molecule has 0 radical (unpaired) electrons. The number of aromatic nitrogens is 2. The van der Waals surface area contributed by atoms with Gasteiger partial charge in [0.25, 0.3) is 5.91 Å². The number of carbonyl (C=O) groups is 3. The number of nitrogens with zero attached hydrogens (tertiary/aromatic N) is 3. The summed E-state index contributed by atoms with van der Waals surface area (Å²) in [6.45, 7) is 1.82. The Kier molecular flexibility index (Phi) is 3.47. The molecule has 1 aliphatic heterocycles. The normalized spacial score (nSPS) is 18.8. The number of likely N-dealkylation sites (tertiary alicyclic amines) is 1. The van der Waals surface area contributed by atoms with Gasteiger partial charge in [0.05, 0.1) is 13.5 Å². The predicted molar refractivity (Wildman–Crippen MR) is 68.8 cm³/mol. The Morgan fingerprint density at radius 3 is 2.60 bits per heavy atom. The van der Waals surface area contributed by atoms with Crippen molar-refractivity contribution in [2.24, 2.45) is 0 Å². The molecular formula is C12H16N4O4. The van der Waals surface area contributed by atoms with Crippen LogP contribution in [0.2, 0.25) is 0 Å². The first kappa shape index (κ1) is 14.0. The lowest BCUT2D eigenvalue weighted by atomic mass is 10.2. The summed E-state index contributed by atoms with van der Waals surface area (Å²) in [6, 6.07) is -0.742. The summed E-state index contributed by atoms with van der Waals surface area (Å²) in [7, 11) is 2.65. The zero-order chi connectivity index (χ0) is 15.0. The topological polar surface area (TPSA) is 108 Å². The van der Waals surface area contributed by atoms with E-state index in [1.54, 1.807) is 0 Å². The number of aryl methyl sites for hydroxylation is 1. The number of carbonyl (C=O) groups excluding carboxylic acids is 3. The van der Waals surface area contributed by atoms with Crippen LogP contribution < -0.4 is 5.73 Å². The van der Waals surface area contributed by atoms with Gasteiger partial charge < -0.3 is 15.0 Å². The first-order chi connectivity index (χ1) is 9.42. The van der Waals surface area contributed by atoms with Crippen LogP contribution in [0.15, 0.2) is 0 Å². The van der Waals surface area contributed by atoms with Crippen molar-refractivity contribution in [2.75, 3.05) is 19.9 Å². The molecular weight excluding hydrogens is 264 g/mol. The number of rotatable bonds is 3. The molecule has 2 rings (SSSR count). The lowest BCUT2D eigenvalue weighted by Gasteiger charge is -2.14. The van der Waals surface area contributed by atoms with Gasteiger partial charge in [-0.25, -0.2) is 9.78 Å². The van der Waals surface area contributed by atoms with Crippen molar-refractivity contribution in [1.82, 2.24) is 14.5 Å². The number of hydrogen-bond acceptors (Lipinski definition) is 6. The van der Waals surface area contributed by atoms with E-state index in [1.807, 2.05) is 6.92 Å². The summed E-state index contributed by atoms with van der Waals surface area (Å²) in [5.74, 6) is -0.777. The maximum Gasteiger partial charge on any atom is 0.360 e. The van der Waals surface area contributed by atoms with Crippen molar-refractivity contribution >= 4 is 23.6 Å². The highest BCUT2D eigenvalue weighted by molar-refractivity contribution is 6.04. The Morgan fingerprint density at radius 1 is 1.50 bits per heavy atom. The second-order valence-corrected chi connectivity index (χ2v) is 4.49. The second-order valence-electron chi connectivity index (χ2n) is 4.49. The molecule has 2 N–H and O–H groups in total. The Bertz CT molecular complexity index is 593. The van der Waals surface area contributed by atoms with E-state index in [0.29, 0.717) is 12.2 Å². The predicted octanol–water partition coefficient (Wildman–Crippen LogP) is -0.256. The van der Waals surface area contributed by atoms with Gasteiger partial charge in [-0.05, 0) is 0 Å². The average Bonchev–Trinajstić information content (AvgIpc) is 2.90. The fourth-order valence-electron chi connectivity index (χ4n) is 2.28. The third-order valence-corrected chi connectivity index (χ3v) is 3.39. The van der Waals surface area contributed by atoms with Crippen LogP contribution in [-0.4, -0.2) is 46.4 Å². The Hall–Kier alpha value is -2.38. The van der Waals surface area contributed by atoms with Crippen LogP contribution in [0.1, 0.15) is 35.7 Å². The molecule has 0 bridgehead atoms. The largest absolute Gasteiger partial charge is 0.464 e. The van der Waals surface area contributed by atoms with Gasteiger partial charge in [-0.1, -0.05) is 6.92 Å². The number of likely N-dealkylation sites (N-methyl/N-ethyl adjacent to an activating group) is 1. The summed E-state index contributed by atoms with van der Waals surface area (Å²) < 4.78 is 6.06. The molecule has 1 unspecified atom stereocenters. The highest BCUT2D eigenvalue weighted by Crippen LogP contribution is 2.29. The van der Waals surface area contributed by atoms with Gasteiger partial charge in [-0.2, -0.15) is 0 Å². The quantitative estimate of drug-likeness (QED) is 0.604. The van der Waals surface area contributed by atoms with E-state index in [9.17, 15) is 14.4 Å². The van der Waals surface area contributed by atoms with Crippen LogP contribution in [0.25, 0.3) is 0 Å². The molecule has 0 aliphatic carbocycles. The maximum absolute atomic E-state index is 12.1. The Labute approximate surface area is 115 Å². The standard InChI is InChI=1S/C12H16N4O4/c1-4-7-14-9(12(19)20-3)10(13)16(7)6-5-8(17)15(2)11(6)18/h6H,4-5,13H2,1-3H3. The molecule has 1 atom stereocenters. The summed E-state index contributed by atoms with van der Waals surface area (Å²) in [5, 5.41) is 0. The summed E-state index contributed by atoms with van der Waals surface area (Å²) in [4.78, 5) is 40.5. The fraction of sp³-hybridized carbons (Fsp3) is 0.500. The van der Waals surface area contributed by atoms with Crippen molar-refractivity contribution in [3.63, 3.8) is 0 Å². The Morgan fingerprint density at radius 2 is 2.15 bits per heavy atom. The third kappa shape index (κ3) is 1.93. The number of methoxy groups -OCH3 is 1. The lowest BCUT2D eigenvalue weighted by Crippen LogP contribution is -2.28. The van der Waals surface area contributed by atoms with E-state index in [0.717, 1.165) is 4.90 Å². The van der Waals surface area contributed by atoms with E-state index in [-0.39, 0.29) is 29.7 Å². The molecule has 1 aliphatic rings. The SMILES string of the molecule is CCc1nc(C(=O)OC)c(N)n1C1CC(=O)N(C)C1=O. The second kappa shape index (κ2) is 4.95. The highest BCUT2D eigenvalue weighted by Gasteiger charge is 2.40. The van der Waals surface area contributed by atoms with Crippen LogP contribution in [0.3, 0.4) is 0 Å². The highest BCUT2D eigenvalue weighted by atomic mass is 16.5. The van der Waals surface area contributed by atoms with E-state index >= 15 is 0 Å². The summed E-state index contributed by atoms with van der Waals surface area (Å²) in [6.07, 6.45) is 0.492. The monoisotopic (exact) mass is 280 g/mol. The number of imide groups is 1. The van der Waals surface area contributed by atoms with E-state index in [2.05, 4.69) is 9.72 Å². The molecule has 20 heavy (non-hydrogen) atoms. The molecule has 8 heteroatoms. The molecule has 0 spiro atoms. The van der Waals surface area contributed by atoms with Crippen molar-refractivity contribution in [2.45, 2.75) is 25.8 Å². The van der Waals surface area contributed by atoms with E-state index in [4.69, 9.17) is 5.73 Å².